The van der Waals surface area contributed by atoms with Gasteiger partial charge in [0.25, 0.3) is 0 Å². The highest BCUT2D eigenvalue weighted by Gasteiger charge is 2.16. The molecule has 0 aromatic carbocycles. The summed E-state index contributed by atoms with van der Waals surface area (Å²) in [6.07, 6.45) is 1.50. The molecule has 0 fully saturated rings. The molecule has 15 heavy (non-hydrogen) atoms. The molecule has 0 aliphatic rings. The lowest BCUT2D eigenvalue weighted by molar-refractivity contribution is 0.0697. The minimum absolute atomic E-state index is 0.0217. The van der Waals surface area contributed by atoms with Crippen molar-refractivity contribution in [3.63, 3.8) is 0 Å². The van der Waals surface area contributed by atoms with E-state index in [-0.39, 0.29) is 10.7 Å². The first kappa shape index (κ1) is 10.1. The van der Waals surface area contributed by atoms with Crippen molar-refractivity contribution >= 4 is 28.9 Å². The Bertz CT molecular complexity index is 496. The minimum Gasteiger partial charge on any atom is -0.478 e. The molecule has 0 saturated carbocycles. The lowest BCUT2D eigenvalue weighted by atomic mass is 10.1. The number of hydrogen-bond acceptors (Lipinski definition) is 3. The van der Waals surface area contributed by atoms with Gasteiger partial charge in [-0.25, -0.2) is 9.78 Å². The van der Waals surface area contributed by atoms with Gasteiger partial charge in [-0.05, 0) is 17.5 Å². The van der Waals surface area contributed by atoms with E-state index in [0.717, 1.165) is 4.88 Å². The van der Waals surface area contributed by atoms with Gasteiger partial charge in [0.2, 0.25) is 0 Å². The fourth-order valence-electron chi connectivity index (χ4n) is 1.28. The van der Waals surface area contributed by atoms with Crippen molar-refractivity contribution in [2.75, 3.05) is 0 Å². The Morgan fingerprint density at radius 1 is 1.47 bits per heavy atom. The van der Waals surface area contributed by atoms with E-state index in [0.29, 0.717) is 5.56 Å². The summed E-state index contributed by atoms with van der Waals surface area (Å²) in [5.41, 5.74) is 0.666. The van der Waals surface area contributed by atoms with E-state index in [2.05, 4.69) is 4.98 Å². The second-order valence-electron chi connectivity index (χ2n) is 2.81. The quantitative estimate of drug-likeness (QED) is 0.819. The number of carboxylic acids is 1. The van der Waals surface area contributed by atoms with Crippen molar-refractivity contribution < 1.29 is 9.90 Å². The molecule has 0 unspecified atom stereocenters. The van der Waals surface area contributed by atoms with Crippen LogP contribution >= 0.6 is 22.9 Å². The molecule has 76 valence electrons. The number of halogens is 1. The number of aromatic carboxylic acids is 1. The highest BCUT2D eigenvalue weighted by atomic mass is 35.5. The van der Waals surface area contributed by atoms with Gasteiger partial charge in [-0.3, -0.25) is 0 Å². The Morgan fingerprint density at radius 3 is 2.87 bits per heavy atom. The average molecular weight is 240 g/mol. The fourth-order valence-corrected chi connectivity index (χ4v) is 2.27. The number of rotatable bonds is 2. The smallest absolute Gasteiger partial charge is 0.339 e. The Labute approximate surface area is 95.0 Å². The summed E-state index contributed by atoms with van der Waals surface area (Å²) in [6.45, 7) is 0. The molecular weight excluding hydrogens is 234 g/mol. The second-order valence-corrected chi connectivity index (χ2v) is 4.11. The van der Waals surface area contributed by atoms with Crippen LogP contribution in [0.1, 0.15) is 10.4 Å². The second kappa shape index (κ2) is 4.00. The van der Waals surface area contributed by atoms with Crippen LogP contribution in [0.4, 0.5) is 0 Å². The Hall–Kier alpha value is -1.39. The Kier molecular flexibility index (Phi) is 2.70. The van der Waals surface area contributed by atoms with Crippen LogP contribution in [-0.4, -0.2) is 16.1 Å². The molecule has 3 nitrogen and oxygen atoms in total. The first-order valence-electron chi connectivity index (χ1n) is 4.12. The molecule has 0 saturated heterocycles. The lowest BCUT2D eigenvalue weighted by Gasteiger charge is -2.04. The maximum Gasteiger partial charge on any atom is 0.339 e. The summed E-state index contributed by atoms with van der Waals surface area (Å²) in [6, 6.07) is 5.36. The van der Waals surface area contributed by atoms with Crippen molar-refractivity contribution in [3.8, 4) is 10.4 Å². The summed E-state index contributed by atoms with van der Waals surface area (Å²) in [5.74, 6) is -1.06. The molecular formula is C10H6ClNO2S. The van der Waals surface area contributed by atoms with Crippen LogP contribution in [0.2, 0.25) is 5.15 Å². The normalized spacial score (nSPS) is 10.2. The van der Waals surface area contributed by atoms with Crippen molar-refractivity contribution in [2.24, 2.45) is 0 Å². The first-order chi connectivity index (χ1) is 7.20. The molecule has 2 aromatic heterocycles. The predicted molar refractivity (Wildman–Crippen MR) is 59.5 cm³/mol. The SMILES string of the molecule is O=C(O)c1c(-c2cccs2)ccnc1Cl. The van der Waals surface area contributed by atoms with Gasteiger partial charge in [-0.15, -0.1) is 11.3 Å². The first-order valence-corrected chi connectivity index (χ1v) is 5.37. The number of pyridine rings is 1. The van der Waals surface area contributed by atoms with Gasteiger partial charge >= 0.3 is 5.97 Å². The maximum atomic E-state index is 11.0. The third-order valence-electron chi connectivity index (χ3n) is 1.91. The van der Waals surface area contributed by atoms with Crippen LogP contribution in [0.25, 0.3) is 10.4 Å². The fraction of sp³-hybridized carbons (Fsp3) is 0. The van der Waals surface area contributed by atoms with Gasteiger partial charge in [0, 0.05) is 16.6 Å². The zero-order chi connectivity index (χ0) is 10.8. The minimum atomic E-state index is -1.06. The number of carboxylic acid groups (broad SMARTS) is 1. The van der Waals surface area contributed by atoms with E-state index < -0.39 is 5.97 Å². The van der Waals surface area contributed by atoms with Crippen molar-refractivity contribution in [2.45, 2.75) is 0 Å². The summed E-state index contributed by atoms with van der Waals surface area (Å²) in [5, 5.41) is 10.9. The zero-order valence-electron chi connectivity index (χ0n) is 7.48. The average Bonchev–Trinajstić information content (AvgIpc) is 2.69. The topological polar surface area (TPSA) is 50.2 Å². The molecule has 0 aliphatic carbocycles. The van der Waals surface area contributed by atoms with Gasteiger partial charge in [0.15, 0.2) is 0 Å². The molecule has 5 heteroatoms. The lowest BCUT2D eigenvalue weighted by Crippen LogP contribution is -2.01. The number of carbonyl (C=O) groups is 1. The standard InChI is InChI=1S/C10H6ClNO2S/c11-9-8(10(13)14)6(3-4-12-9)7-2-1-5-15-7/h1-5H,(H,13,14). The summed E-state index contributed by atoms with van der Waals surface area (Å²) in [7, 11) is 0. The van der Waals surface area contributed by atoms with E-state index in [1.54, 1.807) is 6.07 Å². The third-order valence-corrected chi connectivity index (χ3v) is 3.09. The molecule has 0 bridgehead atoms. The predicted octanol–water partition coefficient (Wildman–Crippen LogP) is 3.16. The Morgan fingerprint density at radius 2 is 2.27 bits per heavy atom. The Balaban J connectivity index is 2.66. The van der Waals surface area contributed by atoms with Gasteiger partial charge in [0.05, 0.1) is 0 Å². The zero-order valence-corrected chi connectivity index (χ0v) is 9.05. The molecule has 2 rings (SSSR count). The highest BCUT2D eigenvalue weighted by Crippen LogP contribution is 2.30. The van der Waals surface area contributed by atoms with Crippen LogP contribution in [0, 0.1) is 0 Å². The van der Waals surface area contributed by atoms with Gasteiger partial charge < -0.3 is 5.11 Å². The van der Waals surface area contributed by atoms with Gasteiger partial charge in [-0.2, -0.15) is 0 Å². The summed E-state index contributed by atoms with van der Waals surface area (Å²) < 4.78 is 0. The van der Waals surface area contributed by atoms with E-state index in [4.69, 9.17) is 16.7 Å². The molecule has 2 heterocycles. The molecule has 2 aromatic rings. The van der Waals surface area contributed by atoms with Crippen LogP contribution < -0.4 is 0 Å². The molecule has 0 atom stereocenters. The van der Waals surface area contributed by atoms with Crippen molar-refractivity contribution in [1.82, 2.24) is 4.98 Å². The van der Waals surface area contributed by atoms with Crippen molar-refractivity contribution in [1.29, 1.82) is 0 Å². The van der Waals surface area contributed by atoms with Crippen LogP contribution in [-0.2, 0) is 0 Å². The van der Waals surface area contributed by atoms with E-state index >= 15 is 0 Å². The van der Waals surface area contributed by atoms with Crippen LogP contribution in [0.5, 0.6) is 0 Å². The van der Waals surface area contributed by atoms with Gasteiger partial charge in [0.1, 0.15) is 10.7 Å². The maximum absolute atomic E-state index is 11.0. The molecule has 0 radical (unpaired) electrons. The van der Waals surface area contributed by atoms with Crippen LogP contribution in [0.3, 0.4) is 0 Å². The van der Waals surface area contributed by atoms with E-state index in [1.165, 1.54) is 17.5 Å². The number of hydrogen-bond donors (Lipinski definition) is 1. The molecule has 0 aliphatic heterocycles. The van der Waals surface area contributed by atoms with Crippen molar-refractivity contribution in [3.05, 3.63) is 40.5 Å². The largest absolute Gasteiger partial charge is 0.478 e. The van der Waals surface area contributed by atoms with Gasteiger partial charge in [-0.1, -0.05) is 17.7 Å². The van der Waals surface area contributed by atoms with Crippen LogP contribution in [0.15, 0.2) is 29.8 Å². The number of nitrogens with zero attached hydrogens (tertiary/aromatic N) is 1. The monoisotopic (exact) mass is 239 g/mol. The third kappa shape index (κ3) is 1.86. The molecule has 0 amide bonds. The number of aromatic nitrogens is 1. The number of thiophene rings is 1. The molecule has 0 spiro atoms. The molecule has 1 N–H and O–H groups in total. The van der Waals surface area contributed by atoms with E-state index in [1.807, 2.05) is 17.5 Å². The highest BCUT2D eigenvalue weighted by molar-refractivity contribution is 7.13. The summed E-state index contributed by atoms with van der Waals surface area (Å²) in [4.78, 5) is 15.7. The summed E-state index contributed by atoms with van der Waals surface area (Å²) >= 11 is 7.22. The van der Waals surface area contributed by atoms with E-state index in [9.17, 15) is 4.79 Å².